The second-order valence-electron chi connectivity index (χ2n) is 10.5. The number of aromatic nitrogens is 1. The van der Waals surface area contributed by atoms with Crippen molar-refractivity contribution in [3.05, 3.63) is 65.4 Å². The summed E-state index contributed by atoms with van der Waals surface area (Å²) in [6.45, 7) is 5.99. The highest BCUT2D eigenvalue weighted by molar-refractivity contribution is 7.80. The van der Waals surface area contributed by atoms with Gasteiger partial charge < -0.3 is 15.4 Å². The van der Waals surface area contributed by atoms with Gasteiger partial charge in [-0.25, -0.2) is 0 Å². The Balaban J connectivity index is 1.26. The number of fused-ring (bicyclic) bond motifs is 3. The predicted octanol–water partition coefficient (Wildman–Crippen LogP) is 6.69. The number of thiocarbonyl (C=S) groups is 1. The van der Waals surface area contributed by atoms with E-state index in [0.29, 0.717) is 17.5 Å². The van der Waals surface area contributed by atoms with Gasteiger partial charge in [-0.2, -0.15) is 13.2 Å². The highest BCUT2D eigenvalue weighted by Gasteiger charge is 2.58. The van der Waals surface area contributed by atoms with Crippen LogP contribution in [0.1, 0.15) is 49.0 Å². The minimum Gasteiger partial charge on any atom is -0.364 e. The summed E-state index contributed by atoms with van der Waals surface area (Å²) in [6, 6.07) is 12.0. The molecular weight excluding hydrogens is 497 g/mol. The molecule has 2 N–H and O–H groups in total. The van der Waals surface area contributed by atoms with Gasteiger partial charge in [0, 0.05) is 35.5 Å². The first-order valence-electron chi connectivity index (χ1n) is 12.7. The van der Waals surface area contributed by atoms with Crippen LogP contribution < -0.4 is 10.6 Å². The zero-order valence-corrected chi connectivity index (χ0v) is 21.5. The van der Waals surface area contributed by atoms with Gasteiger partial charge in [-0.3, -0.25) is 9.88 Å². The molecule has 3 aromatic rings. The number of ether oxygens (including phenoxy) is 1. The van der Waals surface area contributed by atoms with E-state index in [-0.39, 0.29) is 22.5 Å². The Kier molecular flexibility index (Phi) is 5.93. The number of anilines is 2. The number of hydrogen-bond donors (Lipinski definition) is 2. The molecule has 4 bridgehead atoms. The molecule has 37 heavy (non-hydrogen) atoms. The first-order chi connectivity index (χ1) is 17.6. The smallest absolute Gasteiger partial charge is 0.364 e. The molecular formula is C28H29F3N4OS. The van der Waals surface area contributed by atoms with Gasteiger partial charge in [-0.15, -0.1) is 0 Å². The fourth-order valence-electron chi connectivity index (χ4n) is 6.53. The van der Waals surface area contributed by atoms with Crippen LogP contribution in [0.15, 0.2) is 48.7 Å². The van der Waals surface area contributed by atoms with Gasteiger partial charge in [0.1, 0.15) is 0 Å². The third kappa shape index (κ3) is 4.36. The van der Waals surface area contributed by atoms with Gasteiger partial charge in [-0.1, -0.05) is 6.92 Å². The third-order valence-electron chi connectivity index (χ3n) is 8.29. The van der Waals surface area contributed by atoms with E-state index in [9.17, 15) is 13.2 Å². The number of benzene rings is 2. The molecule has 0 aliphatic carbocycles. The monoisotopic (exact) mass is 526 g/mol. The van der Waals surface area contributed by atoms with Crippen LogP contribution in [0.2, 0.25) is 0 Å². The van der Waals surface area contributed by atoms with Crippen molar-refractivity contribution in [2.75, 3.05) is 23.7 Å². The number of nitrogens with zero attached hydrogens (tertiary/aromatic N) is 2. The normalized spacial score (nSPS) is 28.5. The van der Waals surface area contributed by atoms with Crippen molar-refractivity contribution in [3.8, 4) is 0 Å². The number of alkyl halides is 3. The number of pyridine rings is 1. The number of aryl methyl sites for hydroxylation is 1. The maximum absolute atomic E-state index is 13.2. The van der Waals surface area contributed by atoms with E-state index in [1.807, 2.05) is 24.4 Å². The van der Waals surface area contributed by atoms with E-state index in [1.165, 1.54) is 6.42 Å². The second kappa shape index (κ2) is 8.92. The first-order valence-corrected chi connectivity index (χ1v) is 13.1. The molecule has 8 rings (SSSR count). The van der Waals surface area contributed by atoms with Crippen molar-refractivity contribution in [1.29, 1.82) is 0 Å². The van der Waals surface area contributed by atoms with Crippen molar-refractivity contribution in [2.24, 2.45) is 5.92 Å². The van der Waals surface area contributed by atoms with Gasteiger partial charge >= 0.3 is 6.18 Å². The van der Waals surface area contributed by atoms with Crippen LogP contribution in [-0.2, 0) is 10.9 Å². The molecule has 9 heteroatoms. The molecule has 2 aromatic carbocycles. The Bertz CT molecular complexity index is 1380. The standard InChI is InChI=1S/C28H29F3N4OS/c1-3-27-15-35-9-7-17(27)13-24(35)25(36-27)21-6-8-32-23-5-4-19(14-22(21)23)33-26(37)34-20-11-16(2)10-18(12-20)28(29,30)31/h4-6,8,10-12,14,17,24-25H,3,7,9,13,15H2,1-2H3,(H2,33,34,37)/t17?,24?,25-,27?/m0/s1. The Morgan fingerprint density at radius 2 is 1.97 bits per heavy atom. The van der Waals surface area contributed by atoms with Crippen molar-refractivity contribution < 1.29 is 17.9 Å². The minimum absolute atomic E-state index is 0.0239. The summed E-state index contributed by atoms with van der Waals surface area (Å²) in [7, 11) is 0. The lowest BCUT2D eigenvalue weighted by Gasteiger charge is -2.64. The van der Waals surface area contributed by atoms with E-state index < -0.39 is 11.7 Å². The van der Waals surface area contributed by atoms with E-state index >= 15 is 0 Å². The molecule has 5 fully saturated rings. The molecule has 194 valence electrons. The van der Waals surface area contributed by atoms with Crippen LogP contribution in [0.3, 0.4) is 0 Å². The zero-order chi connectivity index (χ0) is 25.9. The highest BCUT2D eigenvalue weighted by Crippen LogP contribution is 2.54. The number of hydrogen-bond acceptors (Lipinski definition) is 4. The molecule has 6 heterocycles. The van der Waals surface area contributed by atoms with Gasteiger partial charge in [-0.05, 0) is 104 Å². The quantitative estimate of drug-likeness (QED) is 0.370. The Morgan fingerprint density at radius 1 is 1.16 bits per heavy atom. The van der Waals surface area contributed by atoms with Crippen molar-refractivity contribution in [2.45, 2.75) is 57.0 Å². The Labute approximate surface area is 219 Å². The van der Waals surface area contributed by atoms with Crippen LogP contribution in [0, 0.1) is 12.8 Å². The molecule has 5 aliphatic rings. The number of rotatable bonds is 4. The lowest BCUT2D eigenvalue weighted by Crippen LogP contribution is -2.70. The molecule has 1 aromatic heterocycles. The topological polar surface area (TPSA) is 49.4 Å². The lowest BCUT2D eigenvalue weighted by atomic mass is 9.66. The predicted molar refractivity (Wildman–Crippen MR) is 143 cm³/mol. The molecule has 0 saturated carbocycles. The van der Waals surface area contributed by atoms with Gasteiger partial charge in [0.2, 0.25) is 0 Å². The molecule has 5 aliphatic heterocycles. The summed E-state index contributed by atoms with van der Waals surface area (Å²) in [6.07, 6.45) is 0.756. The fraction of sp³-hybridized carbons (Fsp3) is 0.429. The van der Waals surface area contributed by atoms with Crippen molar-refractivity contribution >= 4 is 39.6 Å². The van der Waals surface area contributed by atoms with Crippen molar-refractivity contribution in [3.63, 3.8) is 0 Å². The largest absolute Gasteiger partial charge is 0.416 e. The van der Waals surface area contributed by atoms with Crippen LogP contribution in [-0.4, -0.2) is 39.7 Å². The Hall–Kier alpha value is -2.75. The molecule has 0 radical (unpaired) electrons. The SMILES string of the molecule is CCC12CN3CCC1CC3[C@H](c1ccnc3ccc(NC(=S)Nc4cc(C)cc(C(F)(F)F)c4)cc13)O2. The maximum Gasteiger partial charge on any atom is 0.416 e. The minimum atomic E-state index is -4.42. The fourth-order valence-corrected chi connectivity index (χ4v) is 6.77. The Morgan fingerprint density at radius 3 is 2.70 bits per heavy atom. The molecule has 5 saturated heterocycles. The average Bonchev–Trinajstić information content (AvgIpc) is 2.87. The van der Waals surface area contributed by atoms with Gasteiger partial charge in [0.15, 0.2) is 5.11 Å². The third-order valence-corrected chi connectivity index (χ3v) is 8.49. The number of piperidine rings is 3. The van der Waals surface area contributed by atoms with Crippen LogP contribution in [0.5, 0.6) is 0 Å². The number of halogens is 3. The van der Waals surface area contributed by atoms with Gasteiger partial charge in [0.25, 0.3) is 0 Å². The number of morpholine rings is 1. The average molecular weight is 527 g/mol. The molecule has 0 amide bonds. The summed E-state index contributed by atoms with van der Waals surface area (Å²) >= 11 is 5.44. The zero-order valence-electron chi connectivity index (χ0n) is 20.7. The van der Waals surface area contributed by atoms with E-state index in [0.717, 1.165) is 60.2 Å². The molecule has 0 spiro atoms. The summed E-state index contributed by atoms with van der Waals surface area (Å²) in [5.41, 5.74) is 2.70. The summed E-state index contributed by atoms with van der Waals surface area (Å²) in [4.78, 5) is 7.16. The first kappa shape index (κ1) is 24.6. The molecule has 4 unspecified atom stereocenters. The number of nitrogens with one attached hydrogen (secondary N) is 2. The summed E-state index contributed by atoms with van der Waals surface area (Å²) < 4.78 is 46.6. The van der Waals surface area contributed by atoms with Crippen LogP contribution >= 0.6 is 12.2 Å². The molecule has 5 atom stereocenters. The van der Waals surface area contributed by atoms with E-state index in [1.54, 1.807) is 13.0 Å². The second-order valence-corrected chi connectivity index (χ2v) is 10.9. The van der Waals surface area contributed by atoms with Gasteiger partial charge in [0.05, 0.1) is 22.8 Å². The lowest BCUT2D eigenvalue weighted by molar-refractivity contribution is -0.274. The maximum atomic E-state index is 13.2. The molecule has 5 nitrogen and oxygen atoms in total. The van der Waals surface area contributed by atoms with Crippen LogP contribution in [0.4, 0.5) is 24.5 Å². The van der Waals surface area contributed by atoms with Crippen molar-refractivity contribution in [1.82, 2.24) is 9.88 Å². The van der Waals surface area contributed by atoms with Crippen LogP contribution in [0.25, 0.3) is 10.9 Å². The van der Waals surface area contributed by atoms with E-state index in [4.69, 9.17) is 17.0 Å². The van der Waals surface area contributed by atoms with E-state index in [2.05, 4.69) is 33.5 Å². The highest BCUT2D eigenvalue weighted by atomic mass is 32.1. The summed E-state index contributed by atoms with van der Waals surface area (Å²) in [5.74, 6) is 0.622. The summed E-state index contributed by atoms with van der Waals surface area (Å²) in [5, 5.41) is 7.23.